The van der Waals surface area contributed by atoms with Gasteiger partial charge in [0.05, 0.1) is 12.1 Å². The lowest BCUT2D eigenvalue weighted by Gasteiger charge is -2.22. The monoisotopic (exact) mass is 264 g/mol. The maximum Gasteiger partial charge on any atom is 0.135 e. The number of hydrogen-bond donors (Lipinski definition) is 2. The number of ether oxygens (including phenoxy) is 1. The Kier molecular flexibility index (Phi) is 4.96. The minimum absolute atomic E-state index is 0.294. The molecule has 2 rings (SSSR count). The molecule has 2 atom stereocenters. The molecular weight excluding hydrogens is 240 g/mol. The van der Waals surface area contributed by atoms with Crippen molar-refractivity contribution in [2.45, 2.75) is 51.7 Å². The minimum Gasteiger partial charge on any atom is -0.379 e. The molecule has 5 heteroatoms. The van der Waals surface area contributed by atoms with E-state index in [0.717, 1.165) is 43.0 Å². The molecule has 0 bridgehead atoms. The summed E-state index contributed by atoms with van der Waals surface area (Å²) in [5.41, 5.74) is 1.16. The van der Waals surface area contributed by atoms with Gasteiger partial charge in [-0.1, -0.05) is 6.92 Å². The first-order chi connectivity index (χ1) is 9.30. The standard InChI is InChI=1S/C14H24N4O/c1-4-10-13(15-5-2)16-9-17-14(10)18-11-7-6-8-12(11)19-3/h9,11-12H,4-8H2,1-3H3,(H2,15,16,17,18). The number of nitrogens with zero attached hydrogens (tertiary/aromatic N) is 2. The molecule has 2 unspecified atom stereocenters. The molecule has 1 heterocycles. The van der Waals surface area contributed by atoms with Crippen molar-refractivity contribution in [3.8, 4) is 0 Å². The molecule has 106 valence electrons. The Labute approximate surface area is 115 Å². The summed E-state index contributed by atoms with van der Waals surface area (Å²) in [6.45, 7) is 5.08. The Morgan fingerprint density at radius 2 is 2.05 bits per heavy atom. The van der Waals surface area contributed by atoms with E-state index in [-0.39, 0.29) is 0 Å². The van der Waals surface area contributed by atoms with Crippen LogP contribution in [-0.4, -0.2) is 35.8 Å². The van der Waals surface area contributed by atoms with E-state index in [1.165, 1.54) is 6.42 Å². The van der Waals surface area contributed by atoms with Crippen LogP contribution in [0.2, 0.25) is 0 Å². The lowest BCUT2D eigenvalue weighted by atomic mass is 10.1. The third-order valence-electron chi connectivity index (χ3n) is 3.72. The lowest BCUT2D eigenvalue weighted by Crippen LogP contribution is -2.30. The summed E-state index contributed by atoms with van der Waals surface area (Å²) in [4.78, 5) is 8.73. The number of hydrogen-bond acceptors (Lipinski definition) is 5. The van der Waals surface area contributed by atoms with Crippen LogP contribution in [0.4, 0.5) is 11.6 Å². The molecule has 2 N–H and O–H groups in total. The quantitative estimate of drug-likeness (QED) is 0.826. The maximum atomic E-state index is 5.53. The van der Waals surface area contributed by atoms with E-state index in [1.807, 2.05) is 0 Å². The van der Waals surface area contributed by atoms with Gasteiger partial charge in [0.1, 0.15) is 18.0 Å². The minimum atomic E-state index is 0.294. The van der Waals surface area contributed by atoms with Crippen LogP contribution in [0.1, 0.15) is 38.7 Å². The normalized spacial score (nSPS) is 22.5. The largest absolute Gasteiger partial charge is 0.379 e. The van der Waals surface area contributed by atoms with Crippen LogP contribution >= 0.6 is 0 Å². The fourth-order valence-electron chi connectivity index (χ4n) is 2.74. The van der Waals surface area contributed by atoms with Crippen molar-refractivity contribution in [1.29, 1.82) is 0 Å². The molecule has 5 nitrogen and oxygen atoms in total. The molecule has 1 saturated carbocycles. The summed E-state index contributed by atoms with van der Waals surface area (Å²) in [7, 11) is 1.79. The molecule has 1 aliphatic carbocycles. The zero-order chi connectivity index (χ0) is 13.7. The molecule has 0 saturated heterocycles. The molecule has 0 radical (unpaired) electrons. The highest BCUT2D eigenvalue weighted by Gasteiger charge is 2.28. The molecule has 0 amide bonds. The Hall–Kier alpha value is -1.36. The van der Waals surface area contributed by atoms with E-state index >= 15 is 0 Å². The highest BCUT2D eigenvalue weighted by molar-refractivity contribution is 5.57. The number of aromatic nitrogens is 2. The predicted octanol–water partition coefficient (Wildman–Crippen LogP) is 2.45. The van der Waals surface area contributed by atoms with E-state index in [9.17, 15) is 0 Å². The molecular formula is C14H24N4O. The van der Waals surface area contributed by atoms with Crippen molar-refractivity contribution >= 4 is 11.6 Å². The Morgan fingerprint density at radius 1 is 1.26 bits per heavy atom. The van der Waals surface area contributed by atoms with Crippen LogP contribution in [-0.2, 0) is 11.2 Å². The van der Waals surface area contributed by atoms with Crippen molar-refractivity contribution < 1.29 is 4.74 Å². The first-order valence-electron chi connectivity index (χ1n) is 7.17. The molecule has 0 aromatic carbocycles. The predicted molar refractivity (Wildman–Crippen MR) is 77.6 cm³/mol. The molecule has 0 aliphatic heterocycles. The van der Waals surface area contributed by atoms with Gasteiger partial charge in [-0.3, -0.25) is 0 Å². The SMILES string of the molecule is CCNc1ncnc(NC2CCCC2OC)c1CC. The summed E-state index contributed by atoms with van der Waals surface area (Å²) in [6.07, 6.45) is 6.31. The van der Waals surface area contributed by atoms with E-state index in [1.54, 1.807) is 13.4 Å². The fourth-order valence-corrected chi connectivity index (χ4v) is 2.74. The van der Waals surface area contributed by atoms with Crippen molar-refractivity contribution in [3.63, 3.8) is 0 Å². The van der Waals surface area contributed by atoms with Crippen LogP contribution in [0.5, 0.6) is 0 Å². The summed E-state index contributed by atoms with van der Waals surface area (Å²) in [6, 6.07) is 0.361. The summed E-state index contributed by atoms with van der Waals surface area (Å²) in [5, 5.41) is 6.84. The third kappa shape index (κ3) is 3.15. The van der Waals surface area contributed by atoms with Gasteiger partial charge in [-0.15, -0.1) is 0 Å². The number of methoxy groups -OCH3 is 1. The second kappa shape index (κ2) is 6.70. The second-order valence-electron chi connectivity index (χ2n) is 4.89. The lowest BCUT2D eigenvalue weighted by molar-refractivity contribution is 0.101. The fraction of sp³-hybridized carbons (Fsp3) is 0.714. The van der Waals surface area contributed by atoms with Crippen molar-refractivity contribution in [2.24, 2.45) is 0 Å². The van der Waals surface area contributed by atoms with Crippen LogP contribution in [0.25, 0.3) is 0 Å². The van der Waals surface area contributed by atoms with Gasteiger partial charge in [-0.2, -0.15) is 0 Å². The van der Waals surface area contributed by atoms with Crippen LogP contribution in [0.15, 0.2) is 6.33 Å². The van der Waals surface area contributed by atoms with Gasteiger partial charge in [0, 0.05) is 19.2 Å². The first kappa shape index (κ1) is 14.1. The molecule has 1 aromatic rings. The van der Waals surface area contributed by atoms with E-state index in [0.29, 0.717) is 12.1 Å². The molecule has 1 aliphatic rings. The van der Waals surface area contributed by atoms with Crippen molar-refractivity contribution in [2.75, 3.05) is 24.3 Å². The van der Waals surface area contributed by atoms with Crippen molar-refractivity contribution in [1.82, 2.24) is 9.97 Å². The van der Waals surface area contributed by atoms with Crippen LogP contribution < -0.4 is 10.6 Å². The Balaban J connectivity index is 2.17. The number of nitrogens with one attached hydrogen (secondary N) is 2. The van der Waals surface area contributed by atoms with E-state index < -0.39 is 0 Å². The smallest absolute Gasteiger partial charge is 0.135 e. The summed E-state index contributed by atoms with van der Waals surface area (Å²) in [5.74, 6) is 1.89. The summed E-state index contributed by atoms with van der Waals surface area (Å²) >= 11 is 0. The van der Waals surface area contributed by atoms with Gasteiger partial charge >= 0.3 is 0 Å². The summed E-state index contributed by atoms with van der Waals surface area (Å²) < 4.78 is 5.53. The second-order valence-corrected chi connectivity index (χ2v) is 4.89. The van der Waals surface area contributed by atoms with Gasteiger partial charge in [0.25, 0.3) is 0 Å². The van der Waals surface area contributed by atoms with Gasteiger partial charge in [-0.25, -0.2) is 9.97 Å². The van der Waals surface area contributed by atoms with Crippen LogP contribution in [0, 0.1) is 0 Å². The van der Waals surface area contributed by atoms with E-state index in [4.69, 9.17) is 4.74 Å². The average Bonchev–Trinajstić information content (AvgIpc) is 2.87. The average molecular weight is 264 g/mol. The van der Waals surface area contributed by atoms with E-state index in [2.05, 4.69) is 34.4 Å². The zero-order valence-electron chi connectivity index (χ0n) is 12.1. The first-order valence-corrected chi connectivity index (χ1v) is 7.17. The number of anilines is 2. The highest BCUT2D eigenvalue weighted by atomic mass is 16.5. The molecule has 1 fully saturated rings. The maximum absolute atomic E-state index is 5.53. The highest BCUT2D eigenvalue weighted by Crippen LogP contribution is 2.27. The van der Waals surface area contributed by atoms with Gasteiger partial charge in [0.2, 0.25) is 0 Å². The Morgan fingerprint density at radius 3 is 2.74 bits per heavy atom. The topological polar surface area (TPSA) is 59.1 Å². The van der Waals surface area contributed by atoms with Gasteiger partial charge < -0.3 is 15.4 Å². The van der Waals surface area contributed by atoms with Crippen molar-refractivity contribution in [3.05, 3.63) is 11.9 Å². The molecule has 1 aromatic heterocycles. The molecule has 19 heavy (non-hydrogen) atoms. The van der Waals surface area contributed by atoms with Crippen LogP contribution in [0.3, 0.4) is 0 Å². The van der Waals surface area contributed by atoms with Gasteiger partial charge in [0.15, 0.2) is 0 Å². The molecule has 0 spiro atoms. The zero-order valence-corrected chi connectivity index (χ0v) is 12.1. The number of rotatable bonds is 6. The Bertz CT molecular complexity index is 410. The third-order valence-corrected chi connectivity index (χ3v) is 3.72. The van der Waals surface area contributed by atoms with Gasteiger partial charge in [-0.05, 0) is 32.6 Å².